The molecule has 20 heavy (non-hydrogen) atoms. The first-order valence-electron chi connectivity index (χ1n) is 7.68. The first-order chi connectivity index (χ1) is 9.74. The third-order valence-electron chi connectivity index (χ3n) is 4.14. The first-order valence-corrected chi connectivity index (χ1v) is 7.68. The van der Waals surface area contributed by atoms with E-state index in [0.29, 0.717) is 12.0 Å². The number of hydrogen-bond acceptors (Lipinski definition) is 4. The molecule has 0 unspecified atom stereocenters. The number of nitrogens with zero attached hydrogens (tertiary/aromatic N) is 3. The van der Waals surface area contributed by atoms with Crippen LogP contribution in [0.15, 0.2) is 12.2 Å². The van der Waals surface area contributed by atoms with E-state index in [9.17, 15) is 0 Å². The lowest BCUT2D eigenvalue weighted by atomic mass is 10.0. The number of nitrogens with one attached hydrogen (secondary N) is 1. The molecule has 0 radical (unpaired) electrons. The quantitative estimate of drug-likeness (QED) is 0.861. The zero-order chi connectivity index (χ0) is 13.9. The van der Waals surface area contributed by atoms with Crippen molar-refractivity contribution in [3.63, 3.8) is 0 Å². The van der Waals surface area contributed by atoms with Crippen LogP contribution in [0.1, 0.15) is 56.8 Å². The maximum absolute atomic E-state index is 5.88. The summed E-state index contributed by atoms with van der Waals surface area (Å²) in [6, 6.07) is 0.572. The number of aromatic amines is 1. The van der Waals surface area contributed by atoms with Crippen LogP contribution in [0.5, 0.6) is 0 Å². The van der Waals surface area contributed by atoms with E-state index in [2.05, 4.69) is 46.1 Å². The Bertz CT molecular complexity index is 468. The van der Waals surface area contributed by atoms with Crippen molar-refractivity contribution in [3.8, 4) is 0 Å². The molecule has 0 bridgehead atoms. The lowest BCUT2D eigenvalue weighted by Gasteiger charge is -2.37. The number of ether oxygens (including phenoxy) is 1. The molecule has 1 aliphatic heterocycles. The molecule has 1 saturated heterocycles. The highest BCUT2D eigenvalue weighted by Gasteiger charge is 2.28. The molecule has 0 aromatic carbocycles. The zero-order valence-electron chi connectivity index (χ0n) is 12.4. The maximum atomic E-state index is 5.88. The Labute approximate surface area is 120 Å². The fourth-order valence-electron chi connectivity index (χ4n) is 2.92. The predicted molar refractivity (Wildman–Crippen MR) is 77.5 cm³/mol. The standard InChI is InChI=1S/C15H24N4O/c1-11(2)14-16-15(18-17-14)13-10-19(8-9-20-13)12-6-4-3-5-7-12/h4,6,11-13H,3,5,7-10H2,1-2H3,(H,16,17,18)/t12-,13+/m0/s1. The second-order valence-electron chi connectivity index (χ2n) is 6.01. The molecule has 1 N–H and O–H groups in total. The summed E-state index contributed by atoms with van der Waals surface area (Å²) in [6.45, 7) is 6.90. The van der Waals surface area contributed by atoms with Gasteiger partial charge in [0.2, 0.25) is 0 Å². The van der Waals surface area contributed by atoms with Gasteiger partial charge in [0.05, 0.1) is 6.61 Å². The number of H-pyrrole nitrogens is 1. The molecule has 1 aliphatic carbocycles. The summed E-state index contributed by atoms with van der Waals surface area (Å²) < 4.78 is 5.88. The van der Waals surface area contributed by atoms with Crippen LogP contribution >= 0.6 is 0 Å². The van der Waals surface area contributed by atoms with Crippen molar-refractivity contribution in [1.29, 1.82) is 0 Å². The van der Waals surface area contributed by atoms with Crippen LogP contribution in [0.4, 0.5) is 0 Å². The third kappa shape index (κ3) is 2.94. The summed E-state index contributed by atoms with van der Waals surface area (Å²) in [5, 5.41) is 7.33. The highest BCUT2D eigenvalue weighted by molar-refractivity contribution is 5.03. The van der Waals surface area contributed by atoms with Gasteiger partial charge >= 0.3 is 0 Å². The molecule has 5 heteroatoms. The Hall–Kier alpha value is -1.20. The van der Waals surface area contributed by atoms with Gasteiger partial charge in [-0.25, -0.2) is 4.98 Å². The van der Waals surface area contributed by atoms with Crippen LogP contribution in [0.25, 0.3) is 0 Å². The number of hydrogen-bond donors (Lipinski definition) is 1. The molecule has 5 nitrogen and oxygen atoms in total. The normalized spacial score (nSPS) is 28.1. The van der Waals surface area contributed by atoms with E-state index in [1.807, 2.05) is 0 Å². The highest BCUT2D eigenvalue weighted by Crippen LogP contribution is 2.25. The average Bonchev–Trinajstić information content (AvgIpc) is 2.98. The Morgan fingerprint density at radius 2 is 2.35 bits per heavy atom. The van der Waals surface area contributed by atoms with Crippen molar-refractivity contribution in [2.75, 3.05) is 19.7 Å². The first kappa shape index (κ1) is 13.8. The summed E-state index contributed by atoms with van der Waals surface area (Å²) >= 11 is 0. The van der Waals surface area contributed by atoms with E-state index < -0.39 is 0 Å². The molecule has 1 aromatic heterocycles. The molecule has 1 fully saturated rings. The molecule has 1 aromatic rings. The van der Waals surface area contributed by atoms with Crippen LogP contribution in [0.2, 0.25) is 0 Å². The topological polar surface area (TPSA) is 54.0 Å². The summed E-state index contributed by atoms with van der Waals surface area (Å²) in [7, 11) is 0. The predicted octanol–water partition coefficient (Wildman–Crippen LogP) is 2.41. The minimum atomic E-state index is 0.0269. The molecule has 0 saturated carbocycles. The molecule has 2 heterocycles. The molecule has 0 amide bonds. The zero-order valence-corrected chi connectivity index (χ0v) is 12.4. The fourth-order valence-corrected chi connectivity index (χ4v) is 2.92. The number of aromatic nitrogens is 3. The van der Waals surface area contributed by atoms with Crippen LogP contribution in [0.3, 0.4) is 0 Å². The van der Waals surface area contributed by atoms with Crippen molar-refractivity contribution in [1.82, 2.24) is 20.1 Å². The molecular formula is C15H24N4O. The number of rotatable bonds is 3. The van der Waals surface area contributed by atoms with E-state index >= 15 is 0 Å². The average molecular weight is 276 g/mol. The molecular weight excluding hydrogens is 252 g/mol. The van der Waals surface area contributed by atoms with Crippen molar-refractivity contribution < 1.29 is 4.74 Å². The molecule has 2 atom stereocenters. The summed E-state index contributed by atoms with van der Waals surface area (Å²) in [5.41, 5.74) is 0. The Morgan fingerprint density at radius 1 is 1.45 bits per heavy atom. The van der Waals surface area contributed by atoms with Gasteiger partial charge in [0.25, 0.3) is 0 Å². The highest BCUT2D eigenvalue weighted by atomic mass is 16.5. The van der Waals surface area contributed by atoms with Gasteiger partial charge in [0, 0.05) is 25.0 Å². The van der Waals surface area contributed by atoms with Crippen LogP contribution in [-0.4, -0.2) is 45.8 Å². The smallest absolute Gasteiger partial charge is 0.155 e. The lowest BCUT2D eigenvalue weighted by molar-refractivity contribution is -0.0442. The fraction of sp³-hybridized carbons (Fsp3) is 0.733. The number of morpholine rings is 1. The number of allylic oxidation sites excluding steroid dienone is 1. The summed E-state index contributed by atoms with van der Waals surface area (Å²) in [5.74, 6) is 2.09. The minimum Gasteiger partial charge on any atom is -0.368 e. The van der Waals surface area contributed by atoms with Gasteiger partial charge in [-0.15, -0.1) is 0 Å². The van der Waals surface area contributed by atoms with Crippen LogP contribution in [-0.2, 0) is 4.74 Å². The van der Waals surface area contributed by atoms with Gasteiger partial charge in [0.15, 0.2) is 11.6 Å². The molecule has 0 spiro atoms. The minimum absolute atomic E-state index is 0.0269. The van der Waals surface area contributed by atoms with Crippen molar-refractivity contribution in [3.05, 3.63) is 23.8 Å². The van der Waals surface area contributed by atoms with Gasteiger partial charge < -0.3 is 4.74 Å². The largest absolute Gasteiger partial charge is 0.368 e. The summed E-state index contributed by atoms with van der Waals surface area (Å²) in [6.07, 6.45) is 8.47. The van der Waals surface area contributed by atoms with E-state index in [4.69, 9.17) is 4.74 Å². The monoisotopic (exact) mass is 276 g/mol. The second-order valence-corrected chi connectivity index (χ2v) is 6.01. The molecule has 110 valence electrons. The van der Waals surface area contributed by atoms with E-state index in [-0.39, 0.29) is 6.10 Å². The van der Waals surface area contributed by atoms with Crippen molar-refractivity contribution in [2.45, 2.75) is 51.2 Å². The van der Waals surface area contributed by atoms with Gasteiger partial charge in [0.1, 0.15) is 6.10 Å². The van der Waals surface area contributed by atoms with E-state index in [1.54, 1.807) is 0 Å². The van der Waals surface area contributed by atoms with E-state index in [1.165, 1.54) is 19.3 Å². The SMILES string of the molecule is CC(C)c1n[nH]c([C@H]2CN([C@H]3C=CCCC3)CCO2)n1. The van der Waals surface area contributed by atoms with Gasteiger partial charge in [-0.1, -0.05) is 26.0 Å². The van der Waals surface area contributed by atoms with Crippen molar-refractivity contribution >= 4 is 0 Å². The lowest BCUT2D eigenvalue weighted by Crippen LogP contribution is -2.44. The molecule has 2 aliphatic rings. The van der Waals surface area contributed by atoms with Crippen LogP contribution in [0, 0.1) is 0 Å². The Kier molecular flexibility index (Phi) is 4.17. The van der Waals surface area contributed by atoms with Crippen molar-refractivity contribution in [2.24, 2.45) is 0 Å². The Balaban J connectivity index is 1.67. The van der Waals surface area contributed by atoms with Gasteiger partial charge in [-0.2, -0.15) is 5.10 Å². The Morgan fingerprint density at radius 3 is 3.05 bits per heavy atom. The van der Waals surface area contributed by atoms with E-state index in [0.717, 1.165) is 31.3 Å². The second kappa shape index (κ2) is 6.06. The summed E-state index contributed by atoms with van der Waals surface area (Å²) in [4.78, 5) is 7.09. The maximum Gasteiger partial charge on any atom is 0.155 e. The van der Waals surface area contributed by atoms with Gasteiger partial charge in [-0.05, 0) is 19.3 Å². The molecule has 3 rings (SSSR count). The third-order valence-corrected chi connectivity index (χ3v) is 4.14. The van der Waals surface area contributed by atoms with Gasteiger partial charge in [-0.3, -0.25) is 10.00 Å². The van der Waals surface area contributed by atoms with Crippen LogP contribution < -0.4 is 0 Å².